The van der Waals surface area contributed by atoms with Crippen LogP contribution in [0.3, 0.4) is 0 Å². The second-order valence-corrected chi connectivity index (χ2v) is 11.5. The number of hydrogen-bond donors (Lipinski definition) is 1. The average molecular weight is 625 g/mol. The van der Waals surface area contributed by atoms with Crippen LogP contribution < -0.4 is 5.73 Å². The summed E-state index contributed by atoms with van der Waals surface area (Å²) in [5.41, 5.74) is 7.84. The van der Waals surface area contributed by atoms with E-state index in [-0.39, 0.29) is 30.0 Å². The van der Waals surface area contributed by atoms with Crippen LogP contribution in [-0.2, 0) is 16.2 Å². The van der Waals surface area contributed by atoms with Gasteiger partial charge >= 0.3 is 6.18 Å². The molecule has 2 N–H and O–H groups in total. The Hall–Kier alpha value is -4.55. The summed E-state index contributed by atoms with van der Waals surface area (Å²) < 4.78 is 69.9. The van der Waals surface area contributed by atoms with Crippen molar-refractivity contribution >= 4 is 39.1 Å². The van der Waals surface area contributed by atoms with Crippen molar-refractivity contribution in [1.29, 1.82) is 0 Å². The number of pyridine rings is 1. The van der Waals surface area contributed by atoms with Gasteiger partial charge in [-0.05, 0) is 66.1 Å². The van der Waals surface area contributed by atoms with Gasteiger partial charge in [-0.2, -0.15) is 31.7 Å². The quantitative estimate of drug-likeness (QED) is 0.213. The third-order valence-electron chi connectivity index (χ3n) is 6.59. The van der Waals surface area contributed by atoms with E-state index < -0.39 is 26.7 Å². The lowest BCUT2D eigenvalue weighted by atomic mass is 9.86. The number of benzene rings is 3. The number of alkyl halides is 3. The molecule has 43 heavy (non-hydrogen) atoms. The number of halogens is 4. The largest absolute Gasteiger partial charge is 0.416 e. The van der Waals surface area contributed by atoms with Crippen LogP contribution in [0.2, 0.25) is 5.02 Å². The van der Waals surface area contributed by atoms with Crippen molar-refractivity contribution < 1.29 is 21.6 Å². The first-order chi connectivity index (χ1) is 20.5. The Morgan fingerprint density at radius 2 is 1.60 bits per heavy atom. The minimum absolute atomic E-state index is 0.129. The smallest absolute Gasteiger partial charge is 0.382 e. The Balaban J connectivity index is 1.63. The molecular formula is C30H24ClF3N6O2S. The van der Waals surface area contributed by atoms with E-state index in [0.29, 0.717) is 29.3 Å². The highest BCUT2D eigenvalue weighted by atomic mass is 35.5. The maximum absolute atomic E-state index is 13.4. The molecule has 1 aliphatic rings. The van der Waals surface area contributed by atoms with Crippen molar-refractivity contribution in [2.24, 2.45) is 20.2 Å². The van der Waals surface area contributed by atoms with Crippen LogP contribution >= 0.6 is 11.6 Å². The van der Waals surface area contributed by atoms with Crippen LogP contribution in [0.5, 0.6) is 0 Å². The Kier molecular flexibility index (Phi) is 8.60. The standard InChI is InChI=1S/C30H24ClF3N6O2S/c31-23-13-9-21(10-14-23)27-25(20-6-2-1-3-7-20)17-19-40(38-27)29(37-28(35)26-8-4-5-18-36-26)39-43(41,42)24-15-11-22(12-16-24)30(32,33)34/h1-16,18,25H,17,19H2,(H2,35,37,39). The molecule has 0 aliphatic carbocycles. The van der Waals surface area contributed by atoms with Gasteiger partial charge in [0, 0.05) is 23.7 Å². The SMILES string of the molecule is NC(=NC(=NS(=O)(=O)c1ccc(C(F)(F)F)cc1)N1CCC(c2ccccc2)C(c2ccc(Cl)cc2)=N1)c1ccccn1. The maximum Gasteiger partial charge on any atom is 0.416 e. The molecule has 8 nitrogen and oxygen atoms in total. The van der Waals surface area contributed by atoms with Gasteiger partial charge in [-0.1, -0.05) is 60.1 Å². The first kappa shape index (κ1) is 29.9. The molecular weight excluding hydrogens is 601 g/mol. The Morgan fingerprint density at radius 1 is 0.930 bits per heavy atom. The lowest BCUT2D eigenvalue weighted by Gasteiger charge is -2.30. The van der Waals surface area contributed by atoms with Crippen molar-refractivity contribution in [3.8, 4) is 0 Å². The number of sulfonamides is 1. The van der Waals surface area contributed by atoms with Gasteiger partial charge in [0.2, 0.25) is 0 Å². The molecule has 0 radical (unpaired) electrons. The molecule has 0 saturated heterocycles. The van der Waals surface area contributed by atoms with Gasteiger partial charge < -0.3 is 5.73 Å². The molecule has 13 heteroatoms. The number of aromatic nitrogens is 1. The minimum atomic E-state index is -4.63. The lowest BCUT2D eigenvalue weighted by Crippen LogP contribution is -2.36. The van der Waals surface area contributed by atoms with Crippen LogP contribution in [0.4, 0.5) is 13.2 Å². The molecule has 0 spiro atoms. The number of rotatable bonds is 5. The number of hydrogen-bond acceptors (Lipinski definition) is 4. The maximum atomic E-state index is 13.4. The fraction of sp³-hybridized carbons (Fsp3) is 0.133. The van der Waals surface area contributed by atoms with Crippen LogP contribution in [0.1, 0.15) is 34.7 Å². The summed E-state index contributed by atoms with van der Waals surface area (Å²) in [6.07, 6.45) is -2.63. The molecule has 5 rings (SSSR count). The summed E-state index contributed by atoms with van der Waals surface area (Å²) in [7, 11) is -4.54. The topological polar surface area (TPSA) is 113 Å². The van der Waals surface area contributed by atoms with Crippen LogP contribution in [0.15, 0.2) is 123 Å². The predicted molar refractivity (Wildman–Crippen MR) is 160 cm³/mol. The fourth-order valence-electron chi connectivity index (χ4n) is 4.45. The van der Waals surface area contributed by atoms with E-state index in [1.807, 2.05) is 42.5 Å². The third kappa shape index (κ3) is 7.09. The molecule has 1 unspecified atom stereocenters. The van der Waals surface area contributed by atoms with Gasteiger partial charge in [-0.25, -0.2) is 5.01 Å². The highest BCUT2D eigenvalue weighted by Gasteiger charge is 2.32. The molecule has 0 bridgehead atoms. The minimum Gasteiger partial charge on any atom is -0.382 e. The van der Waals surface area contributed by atoms with Crippen LogP contribution in [-0.4, -0.2) is 42.5 Å². The second kappa shape index (κ2) is 12.4. The van der Waals surface area contributed by atoms with Crippen molar-refractivity contribution in [3.05, 3.63) is 131 Å². The Morgan fingerprint density at radius 3 is 2.23 bits per heavy atom. The summed E-state index contributed by atoms with van der Waals surface area (Å²) >= 11 is 6.13. The molecule has 220 valence electrons. The van der Waals surface area contributed by atoms with Crippen LogP contribution in [0.25, 0.3) is 0 Å². The molecule has 0 amide bonds. The van der Waals surface area contributed by atoms with Crippen molar-refractivity contribution in [2.45, 2.75) is 23.4 Å². The second-order valence-electron chi connectivity index (χ2n) is 9.47. The molecule has 2 heterocycles. The summed E-state index contributed by atoms with van der Waals surface area (Å²) in [5.74, 6) is -0.653. The Labute approximate surface area is 251 Å². The highest BCUT2D eigenvalue weighted by molar-refractivity contribution is 7.90. The molecule has 1 atom stereocenters. The number of hydrazone groups is 1. The van der Waals surface area contributed by atoms with E-state index in [0.717, 1.165) is 23.3 Å². The molecule has 3 aromatic carbocycles. The van der Waals surface area contributed by atoms with E-state index in [2.05, 4.69) is 14.4 Å². The van der Waals surface area contributed by atoms with Gasteiger partial charge in [0.25, 0.3) is 16.0 Å². The summed E-state index contributed by atoms with van der Waals surface area (Å²) in [4.78, 5) is 8.00. The first-order valence-corrected chi connectivity index (χ1v) is 14.8. The monoisotopic (exact) mass is 624 g/mol. The van der Waals surface area contributed by atoms with Crippen LogP contribution in [0, 0.1) is 0 Å². The van der Waals surface area contributed by atoms with E-state index in [9.17, 15) is 21.6 Å². The highest BCUT2D eigenvalue weighted by Crippen LogP contribution is 2.32. The third-order valence-corrected chi connectivity index (χ3v) is 8.11. The summed E-state index contributed by atoms with van der Waals surface area (Å²) in [6, 6.07) is 24.8. The number of nitrogens with two attached hydrogens (primary N) is 1. The van der Waals surface area contributed by atoms with Crippen molar-refractivity contribution in [2.75, 3.05) is 6.54 Å². The zero-order valence-electron chi connectivity index (χ0n) is 22.4. The van der Waals surface area contributed by atoms with E-state index >= 15 is 0 Å². The van der Waals surface area contributed by atoms with Gasteiger partial charge in [-0.3, -0.25) is 4.98 Å². The van der Waals surface area contributed by atoms with E-state index in [4.69, 9.17) is 22.4 Å². The van der Waals surface area contributed by atoms with Gasteiger partial charge in [-0.15, -0.1) is 4.40 Å². The first-order valence-electron chi connectivity index (χ1n) is 13.0. The molecule has 1 aliphatic heterocycles. The average Bonchev–Trinajstić information content (AvgIpc) is 3.01. The fourth-order valence-corrected chi connectivity index (χ4v) is 5.51. The molecule has 1 aromatic heterocycles. The van der Waals surface area contributed by atoms with Gasteiger partial charge in [0.1, 0.15) is 5.69 Å². The summed E-state index contributed by atoms with van der Waals surface area (Å²) in [5, 5.41) is 6.64. The lowest BCUT2D eigenvalue weighted by molar-refractivity contribution is -0.137. The molecule has 4 aromatic rings. The van der Waals surface area contributed by atoms with Crippen molar-refractivity contribution in [1.82, 2.24) is 9.99 Å². The zero-order valence-corrected chi connectivity index (χ0v) is 23.9. The number of nitrogens with zero attached hydrogens (tertiary/aromatic N) is 5. The summed E-state index contributed by atoms with van der Waals surface area (Å²) in [6.45, 7) is 0.205. The van der Waals surface area contributed by atoms with Gasteiger partial charge in [0.05, 0.1) is 16.2 Å². The van der Waals surface area contributed by atoms with Gasteiger partial charge in [0.15, 0.2) is 5.84 Å². The zero-order chi connectivity index (χ0) is 30.6. The number of amidine groups is 1. The number of aliphatic imine (C=N–C) groups is 1. The van der Waals surface area contributed by atoms with E-state index in [1.165, 1.54) is 11.2 Å². The van der Waals surface area contributed by atoms with E-state index in [1.54, 1.807) is 30.3 Å². The molecule has 0 saturated carbocycles. The van der Waals surface area contributed by atoms with Crippen molar-refractivity contribution in [3.63, 3.8) is 0 Å². The predicted octanol–water partition coefficient (Wildman–Crippen LogP) is 6.10. The Bertz CT molecular complexity index is 1780. The number of guanidine groups is 1. The normalized spacial score (nSPS) is 16.6. The molecule has 0 fully saturated rings.